The molecule has 0 heterocycles. The molecule has 3 rings (SSSR count). The molecule has 0 bridgehead atoms. The summed E-state index contributed by atoms with van der Waals surface area (Å²) in [5.74, 6) is -0.675. The molecule has 0 aliphatic carbocycles. The SMILES string of the molecule is O=C(Nc1ccccc1O)C(Cc1ccccc1)NS(=O)(=O)c1ccc(Br)cc1. The number of carbonyl (C=O) groups is 1. The molecule has 8 heteroatoms. The second-order valence-corrected chi connectivity index (χ2v) is 8.95. The van der Waals surface area contributed by atoms with E-state index in [-0.39, 0.29) is 22.8 Å². The van der Waals surface area contributed by atoms with Gasteiger partial charge in [0.2, 0.25) is 15.9 Å². The van der Waals surface area contributed by atoms with Crippen molar-refractivity contribution in [3.05, 3.63) is 88.9 Å². The van der Waals surface area contributed by atoms with E-state index in [1.807, 2.05) is 30.3 Å². The minimum Gasteiger partial charge on any atom is -0.506 e. The number of anilines is 1. The highest BCUT2D eigenvalue weighted by atomic mass is 79.9. The lowest BCUT2D eigenvalue weighted by Gasteiger charge is -2.19. The van der Waals surface area contributed by atoms with Crippen molar-refractivity contribution in [2.75, 3.05) is 5.32 Å². The van der Waals surface area contributed by atoms with Crippen molar-refractivity contribution >= 4 is 37.5 Å². The maximum atomic E-state index is 12.9. The zero-order chi connectivity index (χ0) is 20.9. The third kappa shape index (κ3) is 5.66. The van der Waals surface area contributed by atoms with Crippen molar-refractivity contribution in [1.29, 1.82) is 0 Å². The highest BCUT2D eigenvalue weighted by Crippen LogP contribution is 2.22. The van der Waals surface area contributed by atoms with Gasteiger partial charge in [-0.1, -0.05) is 58.4 Å². The molecule has 3 aromatic carbocycles. The highest BCUT2D eigenvalue weighted by Gasteiger charge is 2.26. The number of halogens is 1. The van der Waals surface area contributed by atoms with Crippen LogP contribution in [0.15, 0.2) is 88.2 Å². The second-order valence-electron chi connectivity index (χ2n) is 6.32. The fourth-order valence-corrected chi connectivity index (χ4v) is 4.17. The van der Waals surface area contributed by atoms with Crippen molar-refractivity contribution < 1.29 is 18.3 Å². The fraction of sp³-hybridized carbons (Fsp3) is 0.0952. The summed E-state index contributed by atoms with van der Waals surface area (Å²) in [5, 5.41) is 12.5. The first-order valence-corrected chi connectivity index (χ1v) is 11.0. The molecule has 3 aromatic rings. The lowest BCUT2D eigenvalue weighted by molar-refractivity contribution is -0.117. The number of amides is 1. The van der Waals surface area contributed by atoms with Gasteiger partial charge in [0.25, 0.3) is 0 Å². The van der Waals surface area contributed by atoms with Gasteiger partial charge in [-0.15, -0.1) is 0 Å². The minimum atomic E-state index is -3.94. The van der Waals surface area contributed by atoms with Crippen LogP contribution in [0.25, 0.3) is 0 Å². The Kier molecular flexibility index (Phi) is 6.68. The van der Waals surface area contributed by atoms with Gasteiger partial charge >= 0.3 is 0 Å². The number of benzene rings is 3. The molecular formula is C21H19BrN2O4S. The summed E-state index contributed by atoms with van der Waals surface area (Å²) >= 11 is 3.27. The van der Waals surface area contributed by atoms with Gasteiger partial charge in [0.15, 0.2) is 0 Å². The number of hydrogen-bond donors (Lipinski definition) is 3. The largest absolute Gasteiger partial charge is 0.506 e. The Bertz CT molecular complexity index is 1090. The van der Waals surface area contributed by atoms with Crippen molar-refractivity contribution in [1.82, 2.24) is 4.72 Å². The van der Waals surface area contributed by atoms with Gasteiger partial charge in [-0.05, 0) is 48.4 Å². The van der Waals surface area contributed by atoms with E-state index in [0.29, 0.717) is 0 Å². The van der Waals surface area contributed by atoms with Gasteiger partial charge < -0.3 is 10.4 Å². The quantitative estimate of drug-likeness (QED) is 0.455. The van der Waals surface area contributed by atoms with Crippen LogP contribution in [0.5, 0.6) is 5.75 Å². The van der Waals surface area contributed by atoms with Crippen LogP contribution in [0.2, 0.25) is 0 Å². The molecule has 29 heavy (non-hydrogen) atoms. The van der Waals surface area contributed by atoms with Crippen molar-refractivity contribution in [2.24, 2.45) is 0 Å². The van der Waals surface area contributed by atoms with Crippen LogP contribution in [-0.2, 0) is 21.2 Å². The van der Waals surface area contributed by atoms with Crippen molar-refractivity contribution in [2.45, 2.75) is 17.4 Å². The van der Waals surface area contributed by atoms with Gasteiger partial charge in [-0.25, -0.2) is 8.42 Å². The number of nitrogens with one attached hydrogen (secondary N) is 2. The van der Waals surface area contributed by atoms with Crippen molar-refractivity contribution in [3.63, 3.8) is 0 Å². The number of aromatic hydroxyl groups is 1. The van der Waals surface area contributed by atoms with Gasteiger partial charge in [-0.3, -0.25) is 4.79 Å². The summed E-state index contributed by atoms with van der Waals surface area (Å²) in [6.07, 6.45) is 0.149. The summed E-state index contributed by atoms with van der Waals surface area (Å²) in [6, 6.07) is 20.4. The number of hydrogen-bond acceptors (Lipinski definition) is 4. The third-order valence-electron chi connectivity index (χ3n) is 4.18. The fourth-order valence-electron chi connectivity index (χ4n) is 2.71. The molecule has 3 N–H and O–H groups in total. The van der Waals surface area contributed by atoms with Gasteiger partial charge in [0.05, 0.1) is 10.6 Å². The number of sulfonamides is 1. The molecule has 0 fully saturated rings. The summed E-state index contributed by atoms with van der Waals surface area (Å²) in [7, 11) is -3.94. The van der Waals surface area contributed by atoms with Crippen LogP contribution in [0.3, 0.4) is 0 Å². The molecule has 1 unspecified atom stereocenters. The summed E-state index contributed by atoms with van der Waals surface area (Å²) in [5.41, 5.74) is 1.00. The van der Waals surface area contributed by atoms with Gasteiger partial charge in [0.1, 0.15) is 11.8 Å². The van der Waals surface area contributed by atoms with E-state index in [0.717, 1.165) is 10.0 Å². The van der Waals surface area contributed by atoms with E-state index < -0.39 is 22.0 Å². The first-order valence-electron chi connectivity index (χ1n) is 8.76. The molecule has 0 saturated carbocycles. The monoisotopic (exact) mass is 474 g/mol. The summed E-state index contributed by atoms with van der Waals surface area (Å²) in [6.45, 7) is 0. The average molecular weight is 475 g/mol. The Morgan fingerprint density at radius 3 is 2.21 bits per heavy atom. The van der Waals surface area contributed by atoms with E-state index in [2.05, 4.69) is 26.0 Å². The lowest BCUT2D eigenvalue weighted by atomic mass is 10.1. The van der Waals surface area contributed by atoms with Gasteiger partial charge in [-0.2, -0.15) is 4.72 Å². The second kappa shape index (κ2) is 9.21. The van der Waals surface area contributed by atoms with Crippen LogP contribution in [0, 0.1) is 0 Å². The number of phenolic OH excluding ortho intramolecular Hbond substituents is 1. The minimum absolute atomic E-state index is 0.0501. The summed E-state index contributed by atoms with van der Waals surface area (Å²) < 4.78 is 28.8. The first-order chi connectivity index (χ1) is 13.8. The van der Waals surface area contributed by atoms with E-state index in [1.54, 1.807) is 24.3 Å². The molecule has 0 aliphatic rings. The van der Waals surface area contributed by atoms with Crippen LogP contribution < -0.4 is 10.0 Å². The predicted molar refractivity (Wildman–Crippen MR) is 115 cm³/mol. The first kappa shape index (κ1) is 21.0. The maximum absolute atomic E-state index is 12.9. The van der Waals surface area contributed by atoms with E-state index in [9.17, 15) is 18.3 Å². The van der Waals surface area contributed by atoms with Gasteiger partial charge in [0, 0.05) is 4.47 Å². The zero-order valence-electron chi connectivity index (χ0n) is 15.2. The molecule has 6 nitrogen and oxygen atoms in total. The topological polar surface area (TPSA) is 95.5 Å². The molecule has 1 atom stereocenters. The predicted octanol–water partition coefficient (Wildman–Crippen LogP) is 3.68. The van der Waals surface area contributed by atoms with Crippen LogP contribution in [-0.4, -0.2) is 25.5 Å². The van der Waals surface area contributed by atoms with E-state index in [1.165, 1.54) is 24.3 Å². The smallest absolute Gasteiger partial charge is 0.243 e. The molecule has 150 valence electrons. The molecule has 0 radical (unpaired) electrons. The molecular weight excluding hydrogens is 456 g/mol. The third-order valence-corrected chi connectivity index (χ3v) is 6.20. The number of rotatable bonds is 7. The summed E-state index contributed by atoms with van der Waals surface area (Å²) in [4.78, 5) is 12.9. The van der Waals surface area contributed by atoms with Crippen LogP contribution in [0.4, 0.5) is 5.69 Å². The Balaban J connectivity index is 1.87. The van der Waals surface area contributed by atoms with Crippen LogP contribution in [0.1, 0.15) is 5.56 Å². The number of carbonyl (C=O) groups excluding carboxylic acids is 1. The highest BCUT2D eigenvalue weighted by molar-refractivity contribution is 9.10. The van der Waals surface area contributed by atoms with E-state index in [4.69, 9.17) is 0 Å². The molecule has 0 spiro atoms. The standard InChI is InChI=1S/C21H19BrN2O4S/c22-16-10-12-17(13-11-16)29(27,28)24-19(14-15-6-2-1-3-7-15)21(26)23-18-8-4-5-9-20(18)25/h1-13,19,24-25H,14H2,(H,23,26). The normalized spacial score (nSPS) is 12.3. The maximum Gasteiger partial charge on any atom is 0.243 e. The Morgan fingerprint density at radius 2 is 1.55 bits per heavy atom. The van der Waals surface area contributed by atoms with E-state index >= 15 is 0 Å². The molecule has 0 aromatic heterocycles. The zero-order valence-corrected chi connectivity index (χ0v) is 17.7. The number of phenols is 1. The average Bonchev–Trinajstić information content (AvgIpc) is 2.70. The van der Waals surface area contributed by atoms with Crippen molar-refractivity contribution in [3.8, 4) is 5.75 Å². The Hall–Kier alpha value is -2.68. The lowest BCUT2D eigenvalue weighted by Crippen LogP contribution is -2.45. The number of para-hydroxylation sites is 2. The molecule has 1 amide bonds. The molecule has 0 saturated heterocycles. The van der Waals surface area contributed by atoms with Crippen LogP contribution >= 0.6 is 15.9 Å². The Labute approximate surface area is 177 Å². The molecule has 0 aliphatic heterocycles. The Morgan fingerprint density at radius 1 is 0.931 bits per heavy atom.